The zero-order valence-electron chi connectivity index (χ0n) is 16.9. The second-order valence-corrected chi connectivity index (χ2v) is 8.65. The van der Waals surface area contributed by atoms with E-state index in [9.17, 15) is 19.8 Å². The number of nitrogens with zero attached hydrogens (tertiary/aromatic N) is 1. The molecule has 0 aromatic carbocycles. The van der Waals surface area contributed by atoms with Gasteiger partial charge in [0.1, 0.15) is 5.41 Å². The van der Waals surface area contributed by atoms with Crippen LogP contribution in [0.4, 0.5) is 0 Å². The standard InChI is InChI=1S/C20H38N2O4/c1-14(2)10-16(12-23)22(17(13-24)11-15(3)4)19(26)20(18(21)25)8-6-5-7-9-20/h14-17,23-24H,5-13H2,1-4H3,(H2,21,25)/t16-,17-/m1/s1. The molecule has 2 atom stereocenters. The molecule has 0 aromatic rings. The van der Waals surface area contributed by atoms with Gasteiger partial charge in [-0.1, -0.05) is 47.0 Å². The maximum absolute atomic E-state index is 13.6. The molecule has 6 heteroatoms. The van der Waals surface area contributed by atoms with E-state index in [0.29, 0.717) is 25.7 Å². The highest BCUT2D eigenvalue weighted by Crippen LogP contribution is 2.39. The summed E-state index contributed by atoms with van der Waals surface area (Å²) < 4.78 is 0. The Kier molecular flexibility index (Phi) is 9.04. The minimum absolute atomic E-state index is 0.187. The zero-order chi connectivity index (χ0) is 19.9. The molecule has 4 N–H and O–H groups in total. The van der Waals surface area contributed by atoms with Crippen LogP contribution in [0.15, 0.2) is 0 Å². The normalized spacial score (nSPS) is 19.4. The minimum Gasteiger partial charge on any atom is -0.394 e. The fourth-order valence-electron chi connectivity index (χ4n) is 4.24. The van der Waals surface area contributed by atoms with Crippen LogP contribution in [0.5, 0.6) is 0 Å². The number of carbonyl (C=O) groups is 2. The van der Waals surface area contributed by atoms with Crippen LogP contribution in [-0.4, -0.2) is 52.2 Å². The smallest absolute Gasteiger partial charge is 0.238 e. The topological polar surface area (TPSA) is 104 Å². The van der Waals surface area contributed by atoms with E-state index >= 15 is 0 Å². The lowest BCUT2D eigenvalue weighted by molar-refractivity contribution is -0.158. The molecule has 26 heavy (non-hydrogen) atoms. The summed E-state index contributed by atoms with van der Waals surface area (Å²) in [4.78, 5) is 27.6. The van der Waals surface area contributed by atoms with Crippen molar-refractivity contribution in [3.63, 3.8) is 0 Å². The van der Waals surface area contributed by atoms with Gasteiger partial charge in [0.15, 0.2) is 0 Å². The van der Waals surface area contributed by atoms with E-state index in [0.717, 1.165) is 19.3 Å². The van der Waals surface area contributed by atoms with Crippen molar-refractivity contribution in [3.8, 4) is 0 Å². The number of hydrogen-bond acceptors (Lipinski definition) is 4. The third kappa shape index (κ3) is 5.43. The van der Waals surface area contributed by atoms with Gasteiger partial charge in [-0.15, -0.1) is 0 Å². The van der Waals surface area contributed by atoms with Crippen molar-refractivity contribution in [1.82, 2.24) is 4.90 Å². The third-order valence-electron chi connectivity index (χ3n) is 5.52. The molecule has 1 aliphatic rings. The molecule has 1 rings (SSSR count). The maximum Gasteiger partial charge on any atom is 0.238 e. The quantitative estimate of drug-likeness (QED) is 0.512. The Labute approximate surface area is 158 Å². The Morgan fingerprint density at radius 1 is 0.923 bits per heavy atom. The molecular weight excluding hydrogens is 332 g/mol. The van der Waals surface area contributed by atoms with E-state index in [2.05, 4.69) is 0 Å². The lowest BCUT2D eigenvalue weighted by atomic mass is 9.71. The third-order valence-corrected chi connectivity index (χ3v) is 5.52. The predicted octanol–water partition coefficient (Wildman–Crippen LogP) is 2.06. The van der Waals surface area contributed by atoms with Crippen LogP contribution in [-0.2, 0) is 9.59 Å². The molecule has 0 saturated heterocycles. The van der Waals surface area contributed by atoms with Gasteiger partial charge in [-0.3, -0.25) is 9.59 Å². The van der Waals surface area contributed by atoms with Crippen LogP contribution in [0.1, 0.15) is 72.6 Å². The van der Waals surface area contributed by atoms with Gasteiger partial charge < -0.3 is 20.8 Å². The number of primary amides is 1. The van der Waals surface area contributed by atoms with E-state index in [4.69, 9.17) is 5.73 Å². The molecule has 0 spiro atoms. The molecule has 0 radical (unpaired) electrons. The lowest BCUT2D eigenvalue weighted by Crippen LogP contribution is -2.59. The molecule has 0 aliphatic heterocycles. The molecule has 1 fully saturated rings. The summed E-state index contributed by atoms with van der Waals surface area (Å²) in [6.07, 6.45) is 4.73. The van der Waals surface area contributed by atoms with E-state index in [1.165, 1.54) is 0 Å². The van der Waals surface area contributed by atoms with Gasteiger partial charge in [0, 0.05) is 0 Å². The number of nitrogens with two attached hydrogens (primary N) is 1. The summed E-state index contributed by atoms with van der Waals surface area (Å²) in [6.45, 7) is 7.76. The first-order valence-electron chi connectivity index (χ1n) is 10.0. The number of rotatable bonds is 10. The largest absolute Gasteiger partial charge is 0.394 e. The van der Waals surface area contributed by atoms with Crippen molar-refractivity contribution < 1.29 is 19.8 Å². The van der Waals surface area contributed by atoms with E-state index in [1.54, 1.807) is 4.90 Å². The Morgan fingerprint density at radius 3 is 1.65 bits per heavy atom. The second kappa shape index (κ2) is 10.3. The summed E-state index contributed by atoms with van der Waals surface area (Å²) in [5.74, 6) is -0.327. The van der Waals surface area contributed by atoms with Crippen molar-refractivity contribution in [3.05, 3.63) is 0 Å². The average Bonchev–Trinajstić information content (AvgIpc) is 2.59. The molecule has 2 amide bonds. The first kappa shape index (κ1) is 22.9. The number of carbonyl (C=O) groups excluding carboxylic acids is 2. The monoisotopic (exact) mass is 370 g/mol. The number of aliphatic hydroxyl groups excluding tert-OH is 2. The van der Waals surface area contributed by atoms with Gasteiger partial charge in [-0.05, 0) is 37.5 Å². The fraction of sp³-hybridized carbons (Fsp3) is 0.900. The zero-order valence-corrected chi connectivity index (χ0v) is 16.9. The van der Waals surface area contributed by atoms with Crippen molar-refractivity contribution in [2.75, 3.05) is 13.2 Å². The first-order valence-corrected chi connectivity index (χ1v) is 10.0. The SMILES string of the molecule is CC(C)C[C@H](CO)N(C(=O)C1(C(N)=O)CCCCC1)[C@@H](CO)CC(C)C. The Morgan fingerprint density at radius 2 is 1.35 bits per heavy atom. The van der Waals surface area contributed by atoms with Crippen LogP contribution in [0.2, 0.25) is 0 Å². The van der Waals surface area contributed by atoms with E-state index in [1.807, 2.05) is 27.7 Å². The van der Waals surface area contributed by atoms with Gasteiger partial charge in [0.2, 0.25) is 11.8 Å². The molecule has 1 aliphatic carbocycles. The minimum atomic E-state index is -1.20. The van der Waals surface area contributed by atoms with Crippen LogP contribution >= 0.6 is 0 Å². The van der Waals surface area contributed by atoms with Gasteiger partial charge >= 0.3 is 0 Å². The second-order valence-electron chi connectivity index (χ2n) is 8.65. The van der Waals surface area contributed by atoms with Crippen LogP contribution in [0, 0.1) is 17.3 Å². The van der Waals surface area contributed by atoms with E-state index in [-0.39, 0.29) is 31.0 Å². The molecular formula is C20H38N2O4. The number of hydrogen-bond donors (Lipinski definition) is 3. The molecule has 152 valence electrons. The van der Waals surface area contributed by atoms with Gasteiger partial charge in [-0.2, -0.15) is 0 Å². The lowest BCUT2D eigenvalue weighted by Gasteiger charge is -2.44. The number of aliphatic hydroxyl groups is 2. The number of amides is 2. The molecule has 0 bridgehead atoms. The van der Waals surface area contributed by atoms with Gasteiger partial charge in [0.25, 0.3) is 0 Å². The van der Waals surface area contributed by atoms with Crippen molar-refractivity contribution in [1.29, 1.82) is 0 Å². The van der Waals surface area contributed by atoms with Crippen molar-refractivity contribution in [2.45, 2.75) is 84.7 Å². The van der Waals surface area contributed by atoms with Gasteiger partial charge in [-0.25, -0.2) is 0 Å². The van der Waals surface area contributed by atoms with Crippen LogP contribution in [0.25, 0.3) is 0 Å². The van der Waals surface area contributed by atoms with Crippen molar-refractivity contribution >= 4 is 11.8 Å². The molecule has 6 nitrogen and oxygen atoms in total. The average molecular weight is 371 g/mol. The summed E-state index contributed by atoms with van der Waals surface area (Å²) in [5, 5.41) is 20.0. The molecule has 0 heterocycles. The highest BCUT2D eigenvalue weighted by Gasteiger charge is 2.49. The van der Waals surface area contributed by atoms with Crippen LogP contribution < -0.4 is 5.73 Å². The van der Waals surface area contributed by atoms with Crippen molar-refractivity contribution in [2.24, 2.45) is 23.0 Å². The predicted molar refractivity (Wildman–Crippen MR) is 102 cm³/mol. The highest BCUT2D eigenvalue weighted by molar-refractivity contribution is 6.04. The first-order chi connectivity index (χ1) is 12.2. The summed E-state index contributed by atoms with van der Waals surface area (Å²) in [6, 6.07) is -0.840. The van der Waals surface area contributed by atoms with Crippen LogP contribution in [0.3, 0.4) is 0 Å². The summed E-state index contributed by atoms with van der Waals surface area (Å²) in [7, 11) is 0. The summed E-state index contributed by atoms with van der Waals surface area (Å²) >= 11 is 0. The molecule has 1 saturated carbocycles. The Hall–Kier alpha value is -1.14. The van der Waals surface area contributed by atoms with Gasteiger partial charge in [0.05, 0.1) is 25.3 Å². The summed E-state index contributed by atoms with van der Waals surface area (Å²) in [5.41, 5.74) is 4.51. The Bertz CT molecular complexity index is 441. The highest BCUT2D eigenvalue weighted by atomic mass is 16.3. The Balaban J connectivity index is 3.30. The van der Waals surface area contributed by atoms with E-state index < -0.39 is 23.4 Å². The molecule has 0 unspecified atom stereocenters. The maximum atomic E-state index is 13.6. The molecule has 0 aromatic heterocycles. The fourth-order valence-corrected chi connectivity index (χ4v) is 4.24.